The quantitative estimate of drug-likeness (QED) is 0.873. The summed E-state index contributed by atoms with van der Waals surface area (Å²) in [5, 5.41) is 18.7. The van der Waals surface area contributed by atoms with Gasteiger partial charge in [-0.2, -0.15) is 11.8 Å². The lowest BCUT2D eigenvalue weighted by atomic mass is 10.1. The number of aliphatic hydroxyl groups is 1. The van der Waals surface area contributed by atoms with Gasteiger partial charge in [0.1, 0.15) is 6.04 Å². The molecule has 1 fully saturated rings. The van der Waals surface area contributed by atoms with Crippen LogP contribution in [0.1, 0.15) is 22.3 Å². The van der Waals surface area contributed by atoms with E-state index in [-0.39, 0.29) is 18.9 Å². The third-order valence-corrected chi connectivity index (χ3v) is 3.93. The molecular formula is C14H17NO4S. The van der Waals surface area contributed by atoms with Crippen LogP contribution >= 0.6 is 11.8 Å². The largest absolute Gasteiger partial charge is 0.480 e. The van der Waals surface area contributed by atoms with Gasteiger partial charge >= 0.3 is 5.97 Å². The number of carboxylic acids is 1. The molecule has 0 bridgehead atoms. The Hall–Kier alpha value is -1.53. The maximum Gasteiger partial charge on any atom is 0.326 e. The second-order valence-electron chi connectivity index (χ2n) is 4.83. The Kier molecular flexibility index (Phi) is 4.67. The van der Waals surface area contributed by atoms with Crippen molar-refractivity contribution in [3.05, 3.63) is 35.4 Å². The van der Waals surface area contributed by atoms with Crippen molar-refractivity contribution >= 4 is 23.6 Å². The number of thioether (sulfide) groups is 1. The Balaban J connectivity index is 2.21. The highest BCUT2D eigenvalue weighted by atomic mass is 32.2. The molecular weight excluding hydrogens is 278 g/mol. The summed E-state index contributed by atoms with van der Waals surface area (Å²) in [4.78, 5) is 24.8. The maximum absolute atomic E-state index is 12.4. The number of hydrogen-bond donors (Lipinski definition) is 2. The van der Waals surface area contributed by atoms with Crippen molar-refractivity contribution in [2.75, 3.05) is 12.8 Å². The fraction of sp³-hybridized carbons (Fsp3) is 0.429. The minimum Gasteiger partial charge on any atom is -0.480 e. The van der Waals surface area contributed by atoms with E-state index in [0.29, 0.717) is 5.56 Å². The van der Waals surface area contributed by atoms with Gasteiger partial charge in [-0.3, -0.25) is 4.79 Å². The van der Waals surface area contributed by atoms with E-state index >= 15 is 0 Å². The minimum absolute atomic E-state index is 0.0720. The van der Waals surface area contributed by atoms with Gasteiger partial charge in [-0.05, 0) is 24.0 Å². The molecule has 1 aromatic carbocycles. The first-order valence-corrected chi connectivity index (χ1v) is 7.72. The predicted octanol–water partition coefficient (Wildman–Crippen LogP) is 1.21. The maximum atomic E-state index is 12.4. The van der Waals surface area contributed by atoms with Crippen molar-refractivity contribution < 1.29 is 19.8 Å². The van der Waals surface area contributed by atoms with Gasteiger partial charge in [0.15, 0.2) is 0 Å². The van der Waals surface area contributed by atoms with E-state index in [1.807, 2.05) is 12.3 Å². The predicted molar refractivity (Wildman–Crippen MR) is 76.7 cm³/mol. The zero-order valence-corrected chi connectivity index (χ0v) is 12.0. The van der Waals surface area contributed by atoms with Crippen molar-refractivity contribution in [3.8, 4) is 0 Å². The minimum atomic E-state index is -1.07. The lowest BCUT2D eigenvalue weighted by Gasteiger charge is -2.21. The van der Waals surface area contributed by atoms with Crippen LogP contribution in [-0.4, -0.2) is 51.9 Å². The van der Waals surface area contributed by atoms with Crippen LogP contribution in [0.5, 0.6) is 0 Å². The molecule has 1 aliphatic rings. The van der Waals surface area contributed by atoms with E-state index in [4.69, 9.17) is 5.11 Å². The number of benzene rings is 1. The fourth-order valence-electron chi connectivity index (χ4n) is 2.40. The zero-order valence-electron chi connectivity index (χ0n) is 11.2. The lowest BCUT2D eigenvalue weighted by Crippen LogP contribution is -2.40. The Bertz CT molecular complexity index is 520. The van der Waals surface area contributed by atoms with Crippen LogP contribution in [-0.2, 0) is 10.5 Å². The van der Waals surface area contributed by atoms with Crippen LogP contribution in [0.3, 0.4) is 0 Å². The van der Waals surface area contributed by atoms with Crippen LogP contribution in [0.15, 0.2) is 24.3 Å². The average molecular weight is 295 g/mol. The summed E-state index contributed by atoms with van der Waals surface area (Å²) < 4.78 is 0. The topological polar surface area (TPSA) is 77.8 Å². The zero-order chi connectivity index (χ0) is 14.7. The third kappa shape index (κ3) is 3.13. The van der Waals surface area contributed by atoms with Gasteiger partial charge < -0.3 is 15.1 Å². The van der Waals surface area contributed by atoms with Crippen molar-refractivity contribution in [1.29, 1.82) is 0 Å². The van der Waals surface area contributed by atoms with E-state index in [2.05, 4.69) is 0 Å². The molecule has 2 N–H and O–H groups in total. The summed E-state index contributed by atoms with van der Waals surface area (Å²) in [7, 11) is 0. The second kappa shape index (κ2) is 6.28. The van der Waals surface area contributed by atoms with E-state index < -0.39 is 18.1 Å². The number of carboxylic acid groups (broad SMARTS) is 1. The number of carbonyl (C=O) groups is 2. The molecule has 5 nitrogen and oxygen atoms in total. The molecule has 0 aromatic heterocycles. The molecule has 6 heteroatoms. The number of aliphatic hydroxyl groups excluding tert-OH is 1. The number of aliphatic carboxylic acids is 1. The first-order chi connectivity index (χ1) is 9.52. The number of hydrogen-bond acceptors (Lipinski definition) is 4. The van der Waals surface area contributed by atoms with Gasteiger partial charge in [0.25, 0.3) is 5.91 Å². The van der Waals surface area contributed by atoms with Gasteiger partial charge in [-0.25, -0.2) is 4.79 Å². The number of rotatable bonds is 4. The first kappa shape index (κ1) is 14.9. The lowest BCUT2D eigenvalue weighted by molar-refractivity contribution is -0.141. The van der Waals surface area contributed by atoms with Gasteiger partial charge in [0.2, 0.25) is 0 Å². The molecule has 0 saturated carbocycles. The number of amides is 1. The van der Waals surface area contributed by atoms with Crippen LogP contribution < -0.4 is 0 Å². The number of nitrogens with zero attached hydrogens (tertiary/aromatic N) is 1. The third-order valence-electron chi connectivity index (χ3n) is 3.31. The Morgan fingerprint density at radius 3 is 2.85 bits per heavy atom. The second-order valence-corrected chi connectivity index (χ2v) is 5.70. The Labute approximate surface area is 121 Å². The molecule has 0 radical (unpaired) electrons. The molecule has 1 amide bonds. The van der Waals surface area contributed by atoms with Crippen molar-refractivity contribution in [2.24, 2.45) is 0 Å². The van der Waals surface area contributed by atoms with Crippen LogP contribution in [0.4, 0.5) is 0 Å². The van der Waals surface area contributed by atoms with Gasteiger partial charge in [-0.15, -0.1) is 0 Å². The molecule has 2 atom stereocenters. The molecule has 0 spiro atoms. The van der Waals surface area contributed by atoms with E-state index in [0.717, 1.165) is 11.3 Å². The normalized spacial score (nSPS) is 22.0. The van der Waals surface area contributed by atoms with Crippen molar-refractivity contribution in [3.63, 3.8) is 0 Å². The van der Waals surface area contributed by atoms with E-state index in [1.165, 1.54) is 4.90 Å². The van der Waals surface area contributed by atoms with Crippen molar-refractivity contribution in [1.82, 2.24) is 4.90 Å². The number of β-amino-alcohol motifs (C(OH)–C–C–N with tert-alkyl or cyclic N) is 1. The van der Waals surface area contributed by atoms with Crippen LogP contribution in [0, 0.1) is 0 Å². The summed E-state index contributed by atoms with van der Waals surface area (Å²) in [6.45, 7) is 0.0720. The fourth-order valence-corrected chi connectivity index (χ4v) is 2.91. The Morgan fingerprint density at radius 1 is 1.45 bits per heavy atom. The Morgan fingerprint density at radius 2 is 2.20 bits per heavy atom. The summed E-state index contributed by atoms with van der Waals surface area (Å²) >= 11 is 1.65. The van der Waals surface area contributed by atoms with Gasteiger partial charge in [0.05, 0.1) is 6.10 Å². The summed E-state index contributed by atoms with van der Waals surface area (Å²) in [6, 6.07) is 6.24. The van der Waals surface area contributed by atoms with Crippen LogP contribution in [0.25, 0.3) is 0 Å². The monoisotopic (exact) mass is 295 g/mol. The highest BCUT2D eigenvalue weighted by Crippen LogP contribution is 2.22. The van der Waals surface area contributed by atoms with E-state index in [9.17, 15) is 14.7 Å². The first-order valence-electron chi connectivity index (χ1n) is 6.32. The SMILES string of the molecule is CSCc1cccc(C(=O)N2CC(O)CC2C(=O)O)c1. The molecule has 2 unspecified atom stereocenters. The molecule has 1 aromatic rings. The highest BCUT2D eigenvalue weighted by molar-refractivity contribution is 7.97. The molecule has 1 saturated heterocycles. The molecule has 1 heterocycles. The average Bonchev–Trinajstić information content (AvgIpc) is 2.81. The van der Waals surface area contributed by atoms with Crippen LogP contribution in [0.2, 0.25) is 0 Å². The molecule has 20 heavy (non-hydrogen) atoms. The number of carbonyl (C=O) groups excluding carboxylic acids is 1. The highest BCUT2D eigenvalue weighted by Gasteiger charge is 2.39. The smallest absolute Gasteiger partial charge is 0.326 e. The summed E-state index contributed by atoms with van der Waals surface area (Å²) in [6.07, 6.45) is 1.30. The summed E-state index contributed by atoms with van der Waals surface area (Å²) in [5.41, 5.74) is 1.49. The number of likely N-dealkylation sites (tertiary alicyclic amines) is 1. The molecule has 0 aliphatic carbocycles. The standard InChI is InChI=1S/C14H17NO4S/c1-20-8-9-3-2-4-10(5-9)13(17)15-7-11(16)6-12(15)14(18)19/h2-5,11-12,16H,6-8H2,1H3,(H,18,19). The van der Waals surface area contributed by atoms with Gasteiger partial charge in [-0.1, -0.05) is 12.1 Å². The summed E-state index contributed by atoms with van der Waals surface area (Å²) in [5.74, 6) is -0.612. The molecule has 108 valence electrons. The molecule has 2 rings (SSSR count). The van der Waals surface area contributed by atoms with Gasteiger partial charge in [0, 0.05) is 24.3 Å². The van der Waals surface area contributed by atoms with E-state index in [1.54, 1.807) is 30.0 Å². The van der Waals surface area contributed by atoms with Crippen molar-refractivity contribution in [2.45, 2.75) is 24.3 Å². The molecule has 1 aliphatic heterocycles.